The van der Waals surface area contributed by atoms with E-state index >= 15 is 0 Å². The third-order valence-corrected chi connectivity index (χ3v) is 2.12. The molecular weight excluding hydrogens is 156 g/mol. The predicted molar refractivity (Wildman–Crippen MR) is 61.9 cm³/mol. The van der Waals surface area contributed by atoms with E-state index in [1.165, 1.54) is 30.4 Å². The number of hydrogen-bond donors (Lipinski definition) is 0. The standard InChI is InChI=1S/C13H22/c1-5-8-11-12(4)13(9-6-2)10-7-3/h6,9H,2,4-5,7-8,10-11H2,1,3H3/b13-9+. The highest BCUT2D eigenvalue weighted by Crippen LogP contribution is 2.19. The Kier molecular flexibility index (Phi) is 7.38. The normalized spacial score (nSPS) is 11.4. The Morgan fingerprint density at radius 2 is 1.85 bits per heavy atom. The van der Waals surface area contributed by atoms with Crippen molar-refractivity contribution in [2.24, 2.45) is 0 Å². The molecule has 0 aliphatic rings. The third kappa shape index (κ3) is 5.46. The summed E-state index contributed by atoms with van der Waals surface area (Å²) in [6.07, 6.45) is 9.91. The van der Waals surface area contributed by atoms with Crippen molar-refractivity contribution in [2.45, 2.75) is 46.0 Å². The van der Waals surface area contributed by atoms with E-state index in [9.17, 15) is 0 Å². The van der Waals surface area contributed by atoms with Crippen LogP contribution >= 0.6 is 0 Å². The highest BCUT2D eigenvalue weighted by molar-refractivity contribution is 5.30. The van der Waals surface area contributed by atoms with Gasteiger partial charge in [0.1, 0.15) is 0 Å². The summed E-state index contributed by atoms with van der Waals surface area (Å²) in [6, 6.07) is 0. The Morgan fingerprint density at radius 1 is 1.15 bits per heavy atom. The molecule has 74 valence electrons. The fourth-order valence-electron chi connectivity index (χ4n) is 1.34. The van der Waals surface area contributed by atoms with E-state index in [0.29, 0.717) is 0 Å². The molecule has 0 aromatic carbocycles. The molecule has 0 heteroatoms. The molecule has 0 aromatic rings. The van der Waals surface area contributed by atoms with Crippen LogP contribution in [0.5, 0.6) is 0 Å². The van der Waals surface area contributed by atoms with Crippen LogP contribution < -0.4 is 0 Å². The summed E-state index contributed by atoms with van der Waals surface area (Å²) in [6.45, 7) is 12.3. The zero-order valence-electron chi connectivity index (χ0n) is 9.10. The molecule has 0 atom stereocenters. The van der Waals surface area contributed by atoms with Crippen molar-refractivity contribution in [1.82, 2.24) is 0 Å². The van der Waals surface area contributed by atoms with Gasteiger partial charge in [-0.1, -0.05) is 57.6 Å². The molecular formula is C13H22. The summed E-state index contributed by atoms with van der Waals surface area (Å²) in [5.41, 5.74) is 2.68. The molecule has 0 fully saturated rings. The minimum absolute atomic E-state index is 1.13. The van der Waals surface area contributed by atoms with Crippen molar-refractivity contribution in [2.75, 3.05) is 0 Å². The highest BCUT2D eigenvalue weighted by Gasteiger charge is 1.99. The van der Waals surface area contributed by atoms with Crippen LogP contribution in [0.25, 0.3) is 0 Å². The lowest BCUT2D eigenvalue weighted by atomic mass is 9.98. The van der Waals surface area contributed by atoms with Crippen LogP contribution in [0, 0.1) is 0 Å². The van der Waals surface area contributed by atoms with Gasteiger partial charge >= 0.3 is 0 Å². The van der Waals surface area contributed by atoms with Gasteiger partial charge in [-0.05, 0) is 24.8 Å². The van der Waals surface area contributed by atoms with Crippen molar-refractivity contribution in [3.63, 3.8) is 0 Å². The van der Waals surface area contributed by atoms with Crippen LogP contribution in [-0.2, 0) is 0 Å². The van der Waals surface area contributed by atoms with Crippen molar-refractivity contribution < 1.29 is 0 Å². The largest absolute Gasteiger partial charge is 0.0991 e. The zero-order chi connectivity index (χ0) is 10.1. The van der Waals surface area contributed by atoms with E-state index < -0.39 is 0 Å². The second-order valence-electron chi connectivity index (χ2n) is 3.38. The monoisotopic (exact) mass is 178 g/mol. The molecule has 0 aromatic heterocycles. The highest BCUT2D eigenvalue weighted by atomic mass is 14.1. The van der Waals surface area contributed by atoms with Crippen LogP contribution in [0.1, 0.15) is 46.0 Å². The first-order valence-electron chi connectivity index (χ1n) is 5.26. The van der Waals surface area contributed by atoms with Crippen LogP contribution in [0.2, 0.25) is 0 Å². The van der Waals surface area contributed by atoms with Gasteiger partial charge in [0.05, 0.1) is 0 Å². The fraction of sp³-hybridized carbons (Fsp3) is 0.538. The third-order valence-electron chi connectivity index (χ3n) is 2.12. The van der Waals surface area contributed by atoms with Crippen LogP contribution in [0.3, 0.4) is 0 Å². The Balaban J connectivity index is 4.11. The molecule has 0 saturated heterocycles. The van der Waals surface area contributed by atoms with Crippen molar-refractivity contribution in [3.8, 4) is 0 Å². The first kappa shape index (κ1) is 12.2. The van der Waals surface area contributed by atoms with Crippen LogP contribution in [-0.4, -0.2) is 0 Å². The molecule has 0 unspecified atom stereocenters. The quantitative estimate of drug-likeness (QED) is 0.498. The van der Waals surface area contributed by atoms with E-state index in [2.05, 4.69) is 33.1 Å². The summed E-state index contributed by atoms with van der Waals surface area (Å²) >= 11 is 0. The number of allylic oxidation sites excluding steroid dienone is 4. The number of unbranched alkanes of at least 4 members (excludes halogenated alkanes) is 1. The lowest BCUT2D eigenvalue weighted by molar-refractivity contribution is 0.779. The summed E-state index contributed by atoms with van der Waals surface area (Å²) in [5, 5.41) is 0. The van der Waals surface area contributed by atoms with Gasteiger partial charge in [0.15, 0.2) is 0 Å². The molecule has 0 nitrogen and oxygen atoms in total. The van der Waals surface area contributed by atoms with Crippen molar-refractivity contribution in [1.29, 1.82) is 0 Å². The van der Waals surface area contributed by atoms with E-state index in [1.807, 2.05) is 6.08 Å². The Bertz CT molecular complexity index is 184. The molecule has 0 N–H and O–H groups in total. The first-order chi connectivity index (χ1) is 6.26. The van der Waals surface area contributed by atoms with Gasteiger partial charge in [0, 0.05) is 0 Å². The zero-order valence-corrected chi connectivity index (χ0v) is 9.10. The molecule has 0 aliphatic carbocycles. The van der Waals surface area contributed by atoms with Crippen molar-refractivity contribution >= 4 is 0 Å². The molecule has 0 aliphatic heterocycles. The van der Waals surface area contributed by atoms with E-state index in [4.69, 9.17) is 0 Å². The SMILES string of the molecule is C=C/C=C(\CCC)C(=C)CCCC. The van der Waals surface area contributed by atoms with E-state index in [1.54, 1.807) is 0 Å². The Morgan fingerprint density at radius 3 is 2.31 bits per heavy atom. The molecule has 0 radical (unpaired) electrons. The lowest BCUT2D eigenvalue weighted by Gasteiger charge is -2.08. The summed E-state index contributed by atoms with van der Waals surface area (Å²) in [4.78, 5) is 0. The van der Waals surface area contributed by atoms with Gasteiger partial charge in [-0.3, -0.25) is 0 Å². The molecule has 13 heavy (non-hydrogen) atoms. The maximum atomic E-state index is 4.11. The molecule has 0 bridgehead atoms. The molecule has 0 amide bonds. The minimum Gasteiger partial charge on any atom is -0.0991 e. The Labute approximate surface area is 83.0 Å². The van der Waals surface area contributed by atoms with Crippen molar-refractivity contribution in [3.05, 3.63) is 36.5 Å². The smallest absolute Gasteiger partial charge is 0.0279 e. The van der Waals surface area contributed by atoms with Crippen LogP contribution in [0.15, 0.2) is 36.5 Å². The summed E-state index contributed by atoms with van der Waals surface area (Å²) in [5.74, 6) is 0. The molecule has 0 rings (SSSR count). The maximum absolute atomic E-state index is 4.11. The molecule has 0 spiro atoms. The average Bonchev–Trinajstić information content (AvgIpc) is 2.14. The van der Waals surface area contributed by atoms with Gasteiger partial charge in [-0.15, -0.1) is 0 Å². The number of rotatable bonds is 7. The molecule has 0 heterocycles. The van der Waals surface area contributed by atoms with E-state index in [-0.39, 0.29) is 0 Å². The van der Waals surface area contributed by atoms with Gasteiger partial charge in [0.2, 0.25) is 0 Å². The predicted octanol–water partition coefficient (Wildman–Crippen LogP) is 4.65. The second kappa shape index (κ2) is 7.85. The average molecular weight is 178 g/mol. The second-order valence-corrected chi connectivity index (χ2v) is 3.38. The van der Waals surface area contributed by atoms with Gasteiger partial charge in [-0.2, -0.15) is 0 Å². The van der Waals surface area contributed by atoms with Gasteiger partial charge < -0.3 is 0 Å². The first-order valence-corrected chi connectivity index (χ1v) is 5.26. The summed E-state index contributed by atoms with van der Waals surface area (Å²) in [7, 11) is 0. The van der Waals surface area contributed by atoms with Crippen LogP contribution in [0.4, 0.5) is 0 Å². The van der Waals surface area contributed by atoms with Gasteiger partial charge in [0.25, 0.3) is 0 Å². The summed E-state index contributed by atoms with van der Waals surface area (Å²) < 4.78 is 0. The molecule has 0 saturated carbocycles. The number of hydrogen-bond acceptors (Lipinski definition) is 0. The maximum Gasteiger partial charge on any atom is -0.0279 e. The fourth-order valence-corrected chi connectivity index (χ4v) is 1.34. The van der Waals surface area contributed by atoms with E-state index in [0.717, 1.165) is 12.8 Å². The topological polar surface area (TPSA) is 0 Å². The lowest BCUT2D eigenvalue weighted by Crippen LogP contribution is -1.88. The minimum atomic E-state index is 1.13. The van der Waals surface area contributed by atoms with Gasteiger partial charge in [-0.25, -0.2) is 0 Å². The Hall–Kier alpha value is -0.780.